The number of amides is 1. The molecule has 0 aliphatic heterocycles. The minimum absolute atomic E-state index is 0.0304. The number of nitrogens with one attached hydrogen (secondary N) is 1. The predicted molar refractivity (Wildman–Crippen MR) is 83.5 cm³/mol. The maximum absolute atomic E-state index is 12.9. The molecule has 0 atom stereocenters. The summed E-state index contributed by atoms with van der Waals surface area (Å²) < 4.78 is 12.9. The Morgan fingerprint density at radius 2 is 1.91 bits per heavy atom. The van der Waals surface area contributed by atoms with Crippen molar-refractivity contribution in [2.75, 3.05) is 11.1 Å². The summed E-state index contributed by atoms with van der Waals surface area (Å²) in [6.07, 6.45) is 3.28. The van der Waals surface area contributed by atoms with Crippen LogP contribution in [0, 0.1) is 5.82 Å². The largest absolute Gasteiger partial charge is 0.382 e. The molecule has 23 heavy (non-hydrogen) atoms. The number of nitrogen functional groups attached to an aromatic ring is 1. The normalized spacial score (nSPS) is 10.5. The van der Waals surface area contributed by atoms with Crippen LogP contribution in [-0.4, -0.2) is 26.1 Å². The van der Waals surface area contributed by atoms with Crippen molar-refractivity contribution in [2.24, 2.45) is 0 Å². The topological polar surface area (TPSA) is 107 Å². The van der Waals surface area contributed by atoms with Gasteiger partial charge in [-0.2, -0.15) is 0 Å². The molecule has 3 rings (SSSR count). The molecule has 0 aliphatic rings. The van der Waals surface area contributed by atoms with Crippen LogP contribution >= 0.6 is 11.3 Å². The molecule has 0 saturated carbocycles. The monoisotopic (exact) mass is 330 g/mol. The second-order valence-electron chi connectivity index (χ2n) is 4.55. The summed E-state index contributed by atoms with van der Waals surface area (Å²) in [7, 11) is 0. The zero-order chi connectivity index (χ0) is 16.2. The summed E-state index contributed by atoms with van der Waals surface area (Å²) in [4.78, 5) is 19.7. The highest BCUT2D eigenvalue weighted by atomic mass is 32.1. The number of benzene rings is 1. The molecule has 1 amide bonds. The van der Waals surface area contributed by atoms with Crippen molar-refractivity contribution in [3.63, 3.8) is 0 Å². The lowest BCUT2D eigenvalue weighted by Gasteiger charge is -2.01. The molecular formula is C14H11FN6OS. The van der Waals surface area contributed by atoms with E-state index in [4.69, 9.17) is 5.73 Å². The van der Waals surface area contributed by atoms with E-state index in [1.54, 1.807) is 12.1 Å². The summed E-state index contributed by atoms with van der Waals surface area (Å²) in [5.41, 5.74) is 6.53. The van der Waals surface area contributed by atoms with Crippen LogP contribution in [0.15, 0.2) is 36.7 Å². The summed E-state index contributed by atoms with van der Waals surface area (Å²) in [5, 5.41) is 11.5. The van der Waals surface area contributed by atoms with E-state index in [2.05, 4.69) is 25.5 Å². The summed E-state index contributed by atoms with van der Waals surface area (Å²) in [5.74, 6) is -0.748. The fourth-order valence-corrected chi connectivity index (χ4v) is 2.60. The van der Waals surface area contributed by atoms with E-state index in [0.717, 1.165) is 5.56 Å². The summed E-state index contributed by atoms with van der Waals surface area (Å²) in [6, 6.07) is 6.12. The molecular weight excluding hydrogens is 319 g/mol. The second-order valence-corrected chi connectivity index (χ2v) is 5.61. The third-order valence-corrected chi connectivity index (χ3v) is 3.74. The van der Waals surface area contributed by atoms with E-state index in [1.807, 2.05) is 0 Å². The van der Waals surface area contributed by atoms with Crippen molar-refractivity contribution >= 4 is 28.2 Å². The number of carbonyl (C=O) groups excluding carboxylic acids is 1. The minimum atomic E-state index is -0.500. The van der Waals surface area contributed by atoms with Gasteiger partial charge >= 0.3 is 0 Å². The van der Waals surface area contributed by atoms with Crippen molar-refractivity contribution in [3.05, 3.63) is 58.7 Å². The Labute approximate surface area is 134 Å². The van der Waals surface area contributed by atoms with E-state index < -0.39 is 5.91 Å². The van der Waals surface area contributed by atoms with Gasteiger partial charge in [0.1, 0.15) is 10.8 Å². The van der Waals surface area contributed by atoms with Crippen molar-refractivity contribution < 1.29 is 9.18 Å². The predicted octanol–water partition coefficient (Wildman–Crippen LogP) is 1.89. The first kappa shape index (κ1) is 15.0. The highest BCUT2D eigenvalue weighted by Gasteiger charge is 2.14. The van der Waals surface area contributed by atoms with E-state index in [-0.39, 0.29) is 17.3 Å². The van der Waals surface area contributed by atoms with Crippen LogP contribution in [0.2, 0.25) is 0 Å². The molecule has 0 radical (unpaired) electrons. The minimum Gasteiger partial charge on any atom is -0.382 e. The number of rotatable bonds is 4. The number of hydrogen-bond donors (Lipinski definition) is 2. The van der Waals surface area contributed by atoms with Crippen LogP contribution < -0.4 is 11.1 Å². The molecule has 3 aromatic rings. The number of nitrogens with two attached hydrogens (primary N) is 1. The average Bonchev–Trinajstić information content (AvgIpc) is 2.97. The molecule has 0 saturated heterocycles. The second kappa shape index (κ2) is 6.44. The fraction of sp³-hybridized carbons (Fsp3) is 0.0714. The zero-order valence-corrected chi connectivity index (χ0v) is 12.5. The Balaban J connectivity index is 1.69. The molecule has 7 nitrogen and oxygen atoms in total. The Hall–Kier alpha value is -2.94. The van der Waals surface area contributed by atoms with Gasteiger partial charge in [0, 0.05) is 18.8 Å². The average molecular weight is 330 g/mol. The number of hydrogen-bond acceptors (Lipinski definition) is 7. The first-order valence-electron chi connectivity index (χ1n) is 6.56. The molecule has 2 heterocycles. The first-order valence-corrected chi connectivity index (χ1v) is 7.38. The lowest BCUT2D eigenvalue weighted by molar-refractivity contribution is 0.102. The van der Waals surface area contributed by atoms with Crippen molar-refractivity contribution in [3.8, 4) is 0 Å². The van der Waals surface area contributed by atoms with Gasteiger partial charge in [0.05, 0.1) is 0 Å². The Kier molecular flexibility index (Phi) is 4.20. The zero-order valence-electron chi connectivity index (χ0n) is 11.7. The molecule has 0 bridgehead atoms. The maximum atomic E-state index is 12.9. The molecule has 0 unspecified atom stereocenters. The van der Waals surface area contributed by atoms with Gasteiger partial charge in [-0.3, -0.25) is 10.1 Å². The van der Waals surface area contributed by atoms with Gasteiger partial charge in [0.15, 0.2) is 11.5 Å². The van der Waals surface area contributed by atoms with Gasteiger partial charge in [0.2, 0.25) is 5.13 Å². The third-order valence-electron chi connectivity index (χ3n) is 2.90. The molecule has 3 N–H and O–H groups in total. The van der Waals surface area contributed by atoms with Crippen LogP contribution in [0.4, 0.5) is 15.3 Å². The number of halogens is 1. The van der Waals surface area contributed by atoms with Crippen LogP contribution in [0.1, 0.15) is 21.1 Å². The highest BCUT2D eigenvalue weighted by Crippen LogP contribution is 2.19. The van der Waals surface area contributed by atoms with Crippen molar-refractivity contribution in [2.45, 2.75) is 6.42 Å². The van der Waals surface area contributed by atoms with Gasteiger partial charge in [-0.1, -0.05) is 23.5 Å². The molecule has 9 heteroatoms. The van der Waals surface area contributed by atoms with E-state index in [1.165, 1.54) is 35.9 Å². The van der Waals surface area contributed by atoms with E-state index in [9.17, 15) is 9.18 Å². The molecule has 0 spiro atoms. The van der Waals surface area contributed by atoms with E-state index in [0.29, 0.717) is 16.6 Å². The Morgan fingerprint density at radius 1 is 1.17 bits per heavy atom. The SMILES string of the molecule is Nc1nccnc1C(=O)Nc1nnc(Cc2ccc(F)cc2)s1. The lowest BCUT2D eigenvalue weighted by atomic mass is 10.2. The van der Waals surface area contributed by atoms with Crippen LogP contribution in [0.25, 0.3) is 0 Å². The van der Waals surface area contributed by atoms with Gasteiger partial charge < -0.3 is 5.73 Å². The molecule has 1 aromatic carbocycles. The summed E-state index contributed by atoms with van der Waals surface area (Å²) in [6.45, 7) is 0. The highest BCUT2D eigenvalue weighted by molar-refractivity contribution is 7.15. The van der Waals surface area contributed by atoms with Gasteiger partial charge in [-0.15, -0.1) is 10.2 Å². The van der Waals surface area contributed by atoms with Crippen LogP contribution in [0.5, 0.6) is 0 Å². The maximum Gasteiger partial charge on any atom is 0.279 e. The first-order chi connectivity index (χ1) is 11.1. The van der Waals surface area contributed by atoms with Crippen molar-refractivity contribution in [1.82, 2.24) is 20.2 Å². The number of carbonyl (C=O) groups is 1. The fourth-order valence-electron chi connectivity index (χ4n) is 1.83. The Bertz CT molecular complexity index is 835. The smallest absolute Gasteiger partial charge is 0.279 e. The lowest BCUT2D eigenvalue weighted by Crippen LogP contribution is -2.16. The van der Waals surface area contributed by atoms with Crippen LogP contribution in [0.3, 0.4) is 0 Å². The quantitative estimate of drug-likeness (QED) is 0.756. The Morgan fingerprint density at radius 3 is 2.65 bits per heavy atom. The molecule has 2 aromatic heterocycles. The van der Waals surface area contributed by atoms with E-state index >= 15 is 0 Å². The standard InChI is InChI=1S/C14H11FN6OS/c15-9-3-1-8(2-4-9)7-10-20-21-14(23-10)19-13(22)11-12(16)18-6-5-17-11/h1-6H,7H2,(H2,16,18)(H,19,21,22). The molecule has 0 fully saturated rings. The van der Waals surface area contributed by atoms with Gasteiger partial charge in [0.25, 0.3) is 5.91 Å². The number of anilines is 2. The molecule has 116 valence electrons. The van der Waals surface area contributed by atoms with Gasteiger partial charge in [-0.25, -0.2) is 14.4 Å². The third kappa shape index (κ3) is 3.64. The van der Waals surface area contributed by atoms with Crippen LogP contribution in [-0.2, 0) is 6.42 Å². The number of aromatic nitrogens is 4. The molecule has 0 aliphatic carbocycles. The van der Waals surface area contributed by atoms with Gasteiger partial charge in [-0.05, 0) is 17.7 Å². The number of nitrogens with zero attached hydrogens (tertiary/aromatic N) is 4. The summed E-state index contributed by atoms with van der Waals surface area (Å²) >= 11 is 1.22. The van der Waals surface area contributed by atoms with Crippen molar-refractivity contribution in [1.29, 1.82) is 0 Å².